The van der Waals surface area contributed by atoms with Crippen LogP contribution in [-0.2, 0) is 4.79 Å². The van der Waals surface area contributed by atoms with Crippen LogP contribution in [0.5, 0.6) is 0 Å². The molecule has 2 rings (SSSR count). The van der Waals surface area contributed by atoms with Gasteiger partial charge in [-0.05, 0) is 30.9 Å². The molecule has 1 aliphatic rings. The molecule has 0 spiro atoms. The van der Waals surface area contributed by atoms with E-state index in [0.29, 0.717) is 11.5 Å². The highest BCUT2D eigenvalue weighted by Gasteiger charge is 2.18. The van der Waals surface area contributed by atoms with Crippen molar-refractivity contribution in [3.05, 3.63) is 46.0 Å². The lowest BCUT2D eigenvalue weighted by molar-refractivity contribution is -0.385. The molecular formula is C15H18N2O3. The van der Waals surface area contributed by atoms with Crippen molar-refractivity contribution in [3.8, 4) is 0 Å². The minimum Gasteiger partial charge on any atom is -0.339 e. The molecule has 5 nitrogen and oxygen atoms in total. The molecule has 0 saturated carbocycles. The Hall–Kier alpha value is -2.17. The zero-order chi connectivity index (χ0) is 14.5. The summed E-state index contributed by atoms with van der Waals surface area (Å²) in [6, 6.07) is 6.41. The average Bonchev–Trinajstić information content (AvgIpc) is 2.45. The van der Waals surface area contributed by atoms with Crippen LogP contribution in [0.25, 0.3) is 6.08 Å². The monoisotopic (exact) mass is 274 g/mol. The summed E-state index contributed by atoms with van der Waals surface area (Å²) in [5.74, 6) is 0.591. The molecule has 0 atom stereocenters. The van der Waals surface area contributed by atoms with Gasteiger partial charge in [0.2, 0.25) is 5.91 Å². The van der Waals surface area contributed by atoms with Gasteiger partial charge in [-0.3, -0.25) is 14.9 Å². The van der Waals surface area contributed by atoms with Crippen LogP contribution in [0, 0.1) is 16.0 Å². The number of benzene rings is 1. The van der Waals surface area contributed by atoms with Gasteiger partial charge in [-0.15, -0.1) is 0 Å². The molecular weight excluding hydrogens is 256 g/mol. The van der Waals surface area contributed by atoms with Crippen molar-refractivity contribution in [3.63, 3.8) is 0 Å². The smallest absolute Gasteiger partial charge is 0.276 e. The van der Waals surface area contributed by atoms with Gasteiger partial charge in [0.05, 0.1) is 10.5 Å². The maximum atomic E-state index is 12.0. The molecule has 0 unspecified atom stereocenters. The SMILES string of the molecule is CC1CCN(C(=O)C=Cc2ccccc2[N+](=O)[O-])CC1. The predicted octanol–water partition coefficient (Wildman–Crippen LogP) is 2.87. The van der Waals surface area contributed by atoms with E-state index in [1.54, 1.807) is 23.1 Å². The largest absolute Gasteiger partial charge is 0.339 e. The predicted molar refractivity (Wildman–Crippen MR) is 77.1 cm³/mol. The van der Waals surface area contributed by atoms with Crippen LogP contribution in [0.4, 0.5) is 5.69 Å². The van der Waals surface area contributed by atoms with Crippen LogP contribution >= 0.6 is 0 Å². The van der Waals surface area contributed by atoms with Crippen LogP contribution in [0.15, 0.2) is 30.3 Å². The first-order valence-electron chi connectivity index (χ1n) is 6.78. The van der Waals surface area contributed by atoms with Crippen molar-refractivity contribution in [2.24, 2.45) is 5.92 Å². The number of rotatable bonds is 3. The molecule has 1 heterocycles. The summed E-state index contributed by atoms with van der Waals surface area (Å²) in [5.41, 5.74) is 0.472. The maximum absolute atomic E-state index is 12.0. The molecule has 1 aromatic carbocycles. The molecule has 0 N–H and O–H groups in total. The van der Waals surface area contributed by atoms with Crippen molar-refractivity contribution in [2.45, 2.75) is 19.8 Å². The first-order valence-corrected chi connectivity index (χ1v) is 6.78. The number of likely N-dealkylation sites (tertiary alicyclic amines) is 1. The van der Waals surface area contributed by atoms with E-state index in [4.69, 9.17) is 0 Å². The van der Waals surface area contributed by atoms with Crippen molar-refractivity contribution in [1.29, 1.82) is 0 Å². The van der Waals surface area contributed by atoms with Gasteiger partial charge in [0, 0.05) is 25.2 Å². The number of nitro benzene ring substituents is 1. The molecule has 1 aliphatic heterocycles. The van der Waals surface area contributed by atoms with E-state index in [1.165, 1.54) is 18.2 Å². The number of para-hydroxylation sites is 1. The third-order valence-corrected chi connectivity index (χ3v) is 3.63. The summed E-state index contributed by atoms with van der Waals surface area (Å²) in [5, 5.41) is 10.9. The van der Waals surface area contributed by atoms with Crippen LogP contribution in [-0.4, -0.2) is 28.8 Å². The Bertz CT molecular complexity index is 532. The molecule has 0 bridgehead atoms. The molecule has 5 heteroatoms. The van der Waals surface area contributed by atoms with Crippen LogP contribution in [0.2, 0.25) is 0 Å². The number of carbonyl (C=O) groups excluding carboxylic acids is 1. The van der Waals surface area contributed by atoms with E-state index < -0.39 is 4.92 Å². The minimum absolute atomic E-state index is 0.0174. The first-order chi connectivity index (χ1) is 9.58. The Balaban J connectivity index is 2.06. The van der Waals surface area contributed by atoms with Crippen LogP contribution in [0.3, 0.4) is 0 Å². The quantitative estimate of drug-likeness (QED) is 0.483. The van der Waals surface area contributed by atoms with Gasteiger partial charge in [0.15, 0.2) is 0 Å². The van der Waals surface area contributed by atoms with E-state index in [0.717, 1.165) is 25.9 Å². The molecule has 0 aromatic heterocycles. The zero-order valence-corrected chi connectivity index (χ0v) is 11.5. The highest BCUT2D eigenvalue weighted by Crippen LogP contribution is 2.20. The Kier molecular flexibility index (Phi) is 4.50. The number of hydrogen-bond donors (Lipinski definition) is 0. The van der Waals surface area contributed by atoms with Crippen LogP contribution < -0.4 is 0 Å². The van der Waals surface area contributed by atoms with E-state index in [2.05, 4.69) is 6.92 Å². The molecule has 0 aliphatic carbocycles. The van der Waals surface area contributed by atoms with E-state index in [1.807, 2.05) is 0 Å². The van der Waals surface area contributed by atoms with Gasteiger partial charge in [0.25, 0.3) is 5.69 Å². The van der Waals surface area contributed by atoms with Crippen LogP contribution in [0.1, 0.15) is 25.3 Å². The van der Waals surface area contributed by atoms with Crippen molar-refractivity contribution >= 4 is 17.7 Å². The summed E-state index contributed by atoms with van der Waals surface area (Å²) >= 11 is 0. The number of nitro groups is 1. The first kappa shape index (κ1) is 14.2. The third kappa shape index (κ3) is 3.44. The Labute approximate surface area is 118 Å². The zero-order valence-electron chi connectivity index (χ0n) is 11.5. The second-order valence-corrected chi connectivity index (χ2v) is 5.16. The van der Waals surface area contributed by atoms with Crippen molar-refractivity contribution < 1.29 is 9.72 Å². The molecule has 1 saturated heterocycles. The summed E-state index contributed by atoms with van der Waals surface area (Å²) in [7, 11) is 0. The summed E-state index contributed by atoms with van der Waals surface area (Å²) < 4.78 is 0. The van der Waals surface area contributed by atoms with Crippen molar-refractivity contribution in [1.82, 2.24) is 4.90 Å². The second-order valence-electron chi connectivity index (χ2n) is 5.16. The lowest BCUT2D eigenvalue weighted by atomic mass is 9.99. The number of nitrogens with zero attached hydrogens (tertiary/aromatic N) is 2. The Morgan fingerprint density at radius 1 is 1.35 bits per heavy atom. The lowest BCUT2D eigenvalue weighted by Crippen LogP contribution is -2.36. The molecule has 106 valence electrons. The van der Waals surface area contributed by atoms with Crippen molar-refractivity contribution in [2.75, 3.05) is 13.1 Å². The fourth-order valence-electron chi connectivity index (χ4n) is 2.29. The summed E-state index contributed by atoms with van der Waals surface area (Å²) in [4.78, 5) is 24.3. The maximum Gasteiger partial charge on any atom is 0.276 e. The van der Waals surface area contributed by atoms with Gasteiger partial charge >= 0.3 is 0 Å². The van der Waals surface area contributed by atoms with Gasteiger partial charge in [-0.25, -0.2) is 0 Å². The number of hydrogen-bond acceptors (Lipinski definition) is 3. The highest BCUT2D eigenvalue weighted by molar-refractivity contribution is 5.92. The normalized spacial score (nSPS) is 16.6. The molecule has 1 aromatic rings. The molecule has 1 amide bonds. The topological polar surface area (TPSA) is 63.5 Å². The van der Waals surface area contributed by atoms with Gasteiger partial charge < -0.3 is 4.90 Å². The summed E-state index contributed by atoms with van der Waals surface area (Å²) in [6.07, 6.45) is 4.99. The number of carbonyl (C=O) groups is 1. The lowest BCUT2D eigenvalue weighted by Gasteiger charge is -2.29. The van der Waals surface area contributed by atoms with E-state index in [9.17, 15) is 14.9 Å². The molecule has 20 heavy (non-hydrogen) atoms. The number of piperidine rings is 1. The third-order valence-electron chi connectivity index (χ3n) is 3.63. The standard InChI is InChI=1S/C15H18N2O3/c1-12-8-10-16(11-9-12)15(18)7-6-13-4-2-3-5-14(13)17(19)20/h2-7,12H,8-11H2,1H3. The number of amides is 1. The second kappa shape index (κ2) is 6.32. The van der Waals surface area contributed by atoms with Gasteiger partial charge in [-0.1, -0.05) is 19.1 Å². The average molecular weight is 274 g/mol. The Morgan fingerprint density at radius 3 is 2.65 bits per heavy atom. The summed E-state index contributed by atoms with van der Waals surface area (Å²) in [6.45, 7) is 3.72. The Morgan fingerprint density at radius 2 is 2.00 bits per heavy atom. The fraction of sp³-hybridized carbons (Fsp3) is 0.400. The fourth-order valence-corrected chi connectivity index (χ4v) is 2.29. The minimum atomic E-state index is -0.438. The van der Waals surface area contributed by atoms with E-state index >= 15 is 0 Å². The highest BCUT2D eigenvalue weighted by atomic mass is 16.6. The molecule has 0 radical (unpaired) electrons. The van der Waals surface area contributed by atoms with Gasteiger partial charge in [0.1, 0.15) is 0 Å². The van der Waals surface area contributed by atoms with Gasteiger partial charge in [-0.2, -0.15) is 0 Å². The van der Waals surface area contributed by atoms with E-state index in [-0.39, 0.29) is 11.6 Å². The molecule has 1 fully saturated rings.